The van der Waals surface area contributed by atoms with E-state index in [4.69, 9.17) is 4.74 Å². The van der Waals surface area contributed by atoms with Gasteiger partial charge in [-0.2, -0.15) is 18.2 Å². The van der Waals surface area contributed by atoms with Crippen molar-refractivity contribution >= 4 is 15.9 Å². The van der Waals surface area contributed by atoms with Crippen molar-refractivity contribution in [3.63, 3.8) is 0 Å². The van der Waals surface area contributed by atoms with E-state index in [0.717, 1.165) is 6.07 Å². The van der Waals surface area contributed by atoms with Crippen LogP contribution in [0.15, 0.2) is 64.0 Å². The van der Waals surface area contributed by atoms with E-state index >= 15 is 0 Å². The molecule has 37 heavy (non-hydrogen) atoms. The van der Waals surface area contributed by atoms with Crippen molar-refractivity contribution in [1.82, 2.24) is 24.5 Å². The van der Waals surface area contributed by atoms with Gasteiger partial charge in [0.15, 0.2) is 5.82 Å². The molecular weight excluding hydrogens is 555 g/mol. The standard InChI is InChI=1S/C25H21BrF3N5O3/c1-14-31-21(37-13-16-7-5-9-19(32-16)25(27,28)29)20(26)22(35)34(14)17-8-4-6-15(12-17)18-10-11-30-23(33-18)24(2,3)36/h4-12,36H,13H2,1-3H3. The molecule has 0 amide bonds. The molecular formula is C25H21BrF3N5O3. The van der Waals surface area contributed by atoms with Crippen LogP contribution in [-0.2, 0) is 18.4 Å². The first kappa shape index (κ1) is 26.4. The minimum Gasteiger partial charge on any atom is -0.470 e. The third-order valence-corrected chi connectivity index (χ3v) is 5.90. The zero-order chi connectivity index (χ0) is 27.0. The van der Waals surface area contributed by atoms with Gasteiger partial charge in [0.25, 0.3) is 5.56 Å². The summed E-state index contributed by atoms with van der Waals surface area (Å²) in [6.07, 6.45) is -3.04. The minimum absolute atomic E-state index is 0.00170. The van der Waals surface area contributed by atoms with E-state index in [1.807, 2.05) is 6.07 Å². The summed E-state index contributed by atoms with van der Waals surface area (Å²) in [4.78, 5) is 29.6. The number of rotatable bonds is 6. The fourth-order valence-corrected chi connectivity index (χ4v) is 3.84. The lowest BCUT2D eigenvalue weighted by atomic mass is 10.1. The van der Waals surface area contributed by atoms with Crippen LogP contribution in [-0.4, -0.2) is 29.6 Å². The number of ether oxygens (including phenoxy) is 1. The van der Waals surface area contributed by atoms with Crippen molar-refractivity contribution < 1.29 is 23.0 Å². The Morgan fingerprint density at radius 2 is 1.78 bits per heavy atom. The molecule has 0 spiro atoms. The molecule has 0 saturated carbocycles. The van der Waals surface area contributed by atoms with Crippen LogP contribution < -0.4 is 10.3 Å². The van der Waals surface area contributed by atoms with Crippen molar-refractivity contribution in [1.29, 1.82) is 0 Å². The van der Waals surface area contributed by atoms with Gasteiger partial charge in [-0.1, -0.05) is 18.2 Å². The molecule has 0 bridgehead atoms. The van der Waals surface area contributed by atoms with Gasteiger partial charge in [-0.25, -0.2) is 15.0 Å². The number of nitrogens with zero attached hydrogens (tertiary/aromatic N) is 5. The summed E-state index contributed by atoms with van der Waals surface area (Å²) in [5.74, 6) is 0.474. The van der Waals surface area contributed by atoms with Gasteiger partial charge in [0.1, 0.15) is 28.2 Å². The third kappa shape index (κ3) is 5.86. The monoisotopic (exact) mass is 575 g/mol. The topological polar surface area (TPSA) is 103 Å². The number of hydrogen-bond acceptors (Lipinski definition) is 7. The van der Waals surface area contributed by atoms with Crippen LogP contribution >= 0.6 is 15.9 Å². The van der Waals surface area contributed by atoms with Crippen LogP contribution in [0.5, 0.6) is 5.88 Å². The van der Waals surface area contributed by atoms with Crippen molar-refractivity contribution in [2.24, 2.45) is 0 Å². The number of hydrogen-bond donors (Lipinski definition) is 1. The van der Waals surface area contributed by atoms with Gasteiger partial charge in [-0.3, -0.25) is 9.36 Å². The third-order valence-electron chi connectivity index (χ3n) is 5.22. The molecule has 1 aromatic carbocycles. The van der Waals surface area contributed by atoms with Gasteiger partial charge in [0.05, 0.1) is 17.1 Å². The maximum absolute atomic E-state index is 13.2. The molecule has 4 aromatic rings. The van der Waals surface area contributed by atoms with Gasteiger partial charge >= 0.3 is 6.18 Å². The maximum atomic E-state index is 13.2. The summed E-state index contributed by atoms with van der Waals surface area (Å²) in [6.45, 7) is 4.46. The molecule has 0 aliphatic rings. The molecule has 192 valence electrons. The number of alkyl halides is 3. The quantitative estimate of drug-likeness (QED) is 0.346. The van der Waals surface area contributed by atoms with E-state index in [0.29, 0.717) is 16.9 Å². The largest absolute Gasteiger partial charge is 0.470 e. The number of benzene rings is 1. The minimum atomic E-state index is -4.58. The molecule has 3 aromatic heterocycles. The number of aryl methyl sites for hydroxylation is 1. The maximum Gasteiger partial charge on any atom is 0.433 e. The first-order chi connectivity index (χ1) is 17.3. The van der Waals surface area contributed by atoms with Crippen LogP contribution in [0.3, 0.4) is 0 Å². The Kier molecular flexibility index (Phi) is 7.16. The second-order valence-corrected chi connectivity index (χ2v) is 9.39. The second kappa shape index (κ2) is 10.0. The molecule has 0 radical (unpaired) electrons. The van der Waals surface area contributed by atoms with E-state index in [1.54, 1.807) is 51.2 Å². The summed E-state index contributed by atoms with van der Waals surface area (Å²) < 4.78 is 45.7. The summed E-state index contributed by atoms with van der Waals surface area (Å²) in [7, 11) is 0. The lowest BCUT2D eigenvalue weighted by Crippen LogP contribution is -2.24. The molecule has 12 heteroatoms. The van der Waals surface area contributed by atoms with E-state index in [9.17, 15) is 23.1 Å². The number of aromatic nitrogens is 5. The van der Waals surface area contributed by atoms with Crippen LogP contribution in [0.4, 0.5) is 13.2 Å². The van der Waals surface area contributed by atoms with Crippen LogP contribution in [0.2, 0.25) is 0 Å². The highest BCUT2D eigenvalue weighted by Crippen LogP contribution is 2.28. The zero-order valence-corrected chi connectivity index (χ0v) is 21.5. The summed E-state index contributed by atoms with van der Waals surface area (Å²) in [5, 5.41) is 10.2. The first-order valence-electron chi connectivity index (χ1n) is 11.0. The molecule has 0 aliphatic heterocycles. The highest BCUT2D eigenvalue weighted by atomic mass is 79.9. The molecule has 0 fully saturated rings. The molecule has 0 atom stereocenters. The van der Waals surface area contributed by atoms with E-state index in [-0.39, 0.29) is 34.3 Å². The normalized spacial score (nSPS) is 12.0. The van der Waals surface area contributed by atoms with Gasteiger partial charge in [0.2, 0.25) is 5.88 Å². The van der Waals surface area contributed by atoms with E-state index in [1.165, 1.54) is 16.7 Å². The molecule has 0 aliphatic carbocycles. The Hall–Kier alpha value is -3.64. The molecule has 1 N–H and O–H groups in total. The predicted octanol–water partition coefficient (Wildman–Crippen LogP) is 4.98. The Morgan fingerprint density at radius 3 is 2.49 bits per heavy atom. The average molecular weight is 576 g/mol. The van der Waals surface area contributed by atoms with Crippen molar-refractivity contribution in [3.05, 3.63) is 92.6 Å². The summed E-state index contributed by atoms with van der Waals surface area (Å²) in [5.41, 5.74) is -0.961. The molecule has 8 nitrogen and oxygen atoms in total. The van der Waals surface area contributed by atoms with Gasteiger partial charge < -0.3 is 9.84 Å². The Balaban J connectivity index is 1.64. The van der Waals surface area contributed by atoms with Crippen molar-refractivity contribution in [3.8, 4) is 22.8 Å². The van der Waals surface area contributed by atoms with Gasteiger partial charge in [-0.15, -0.1) is 0 Å². The van der Waals surface area contributed by atoms with E-state index < -0.39 is 23.0 Å². The van der Waals surface area contributed by atoms with Gasteiger partial charge in [0, 0.05) is 11.8 Å². The molecule has 3 heterocycles. The number of halogens is 4. The van der Waals surface area contributed by atoms with Crippen molar-refractivity contribution in [2.75, 3.05) is 0 Å². The van der Waals surface area contributed by atoms with Crippen molar-refractivity contribution in [2.45, 2.75) is 39.2 Å². The lowest BCUT2D eigenvalue weighted by Gasteiger charge is -2.16. The molecule has 4 rings (SSSR count). The average Bonchev–Trinajstić information content (AvgIpc) is 2.85. The molecule has 0 unspecified atom stereocenters. The highest BCUT2D eigenvalue weighted by Gasteiger charge is 2.32. The lowest BCUT2D eigenvalue weighted by molar-refractivity contribution is -0.141. The highest BCUT2D eigenvalue weighted by molar-refractivity contribution is 9.10. The zero-order valence-electron chi connectivity index (χ0n) is 19.9. The number of pyridine rings is 1. The van der Waals surface area contributed by atoms with Crippen LogP contribution in [0.25, 0.3) is 16.9 Å². The molecule has 0 saturated heterocycles. The predicted molar refractivity (Wildman–Crippen MR) is 132 cm³/mol. The second-order valence-electron chi connectivity index (χ2n) is 8.59. The van der Waals surface area contributed by atoms with E-state index in [2.05, 4.69) is 35.9 Å². The van der Waals surface area contributed by atoms with Gasteiger partial charge in [-0.05, 0) is 67.0 Å². The SMILES string of the molecule is Cc1nc(OCc2cccc(C(F)(F)F)n2)c(Br)c(=O)n1-c1cccc(-c2ccnc(C(C)(C)O)n2)c1. The van der Waals surface area contributed by atoms with Crippen LogP contribution in [0, 0.1) is 6.92 Å². The Bertz CT molecular complexity index is 1520. The Labute approximate surface area is 218 Å². The first-order valence-corrected chi connectivity index (χ1v) is 11.8. The smallest absolute Gasteiger partial charge is 0.433 e. The van der Waals surface area contributed by atoms with Crippen LogP contribution in [0.1, 0.15) is 36.9 Å². The Morgan fingerprint density at radius 1 is 1.05 bits per heavy atom. The number of aliphatic hydroxyl groups is 1. The fraction of sp³-hybridized carbons (Fsp3) is 0.240. The summed E-state index contributed by atoms with van der Waals surface area (Å²) >= 11 is 3.21. The summed E-state index contributed by atoms with van der Waals surface area (Å²) in [6, 6.07) is 12.2. The fourth-order valence-electron chi connectivity index (χ4n) is 3.46.